The highest BCUT2D eigenvalue weighted by Gasteiger charge is 2.27. The molecule has 17 heavy (non-hydrogen) atoms. The number of rotatable bonds is 7. The van der Waals surface area contributed by atoms with Crippen LogP contribution in [-0.4, -0.2) is 6.04 Å². The predicted octanol–water partition coefficient (Wildman–Crippen LogP) is 4.61. The van der Waals surface area contributed by atoms with E-state index >= 15 is 0 Å². The monoisotopic (exact) mass is 251 g/mol. The van der Waals surface area contributed by atoms with Gasteiger partial charge in [-0.1, -0.05) is 39.7 Å². The molecule has 1 nitrogen and oxygen atoms in total. The van der Waals surface area contributed by atoms with E-state index in [2.05, 4.69) is 43.6 Å². The van der Waals surface area contributed by atoms with Gasteiger partial charge in [-0.15, -0.1) is 11.3 Å². The third-order valence-corrected chi connectivity index (χ3v) is 4.69. The zero-order valence-electron chi connectivity index (χ0n) is 11.3. The molecule has 2 atom stereocenters. The van der Waals surface area contributed by atoms with Gasteiger partial charge in [0.05, 0.1) is 0 Å². The van der Waals surface area contributed by atoms with Gasteiger partial charge in [0.1, 0.15) is 0 Å². The molecule has 0 radical (unpaired) electrons. The van der Waals surface area contributed by atoms with Gasteiger partial charge in [0.2, 0.25) is 0 Å². The molecular weight excluding hydrogens is 226 g/mol. The van der Waals surface area contributed by atoms with Crippen molar-refractivity contribution in [2.75, 3.05) is 0 Å². The van der Waals surface area contributed by atoms with E-state index in [0.29, 0.717) is 18.0 Å². The highest BCUT2D eigenvalue weighted by atomic mass is 32.1. The molecule has 1 N–H and O–H groups in total. The van der Waals surface area contributed by atoms with E-state index in [1.54, 1.807) is 0 Å². The van der Waals surface area contributed by atoms with Gasteiger partial charge in [-0.2, -0.15) is 0 Å². The van der Waals surface area contributed by atoms with Crippen LogP contribution in [0.1, 0.15) is 57.4 Å². The van der Waals surface area contributed by atoms with Crippen LogP contribution in [-0.2, 0) is 0 Å². The van der Waals surface area contributed by atoms with Crippen LogP contribution in [0.2, 0.25) is 0 Å². The van der Waals surface area contributed by atoms with Crippen LogP contribution in [0.5, 0.6) is 0 Å². The SMILES string of the molecule is CCC(CC1CC1)NC(c1cccs1)C(C)C. The molecule has 1 aromatic heterocycles. The Bertz CT molecular complexity index is 314. The minimum absolute atomic E-state index is 0.540. The lowest BCUT2D eigenvalue weighted by molar-refractivity contribution is 0.336. The zero-order chi connectivity index (χ0) is 12.3. The zero-order valence-corrected chi connectivity index (χ0v) is 12.1. The Balaban J connectivity index is 1.95. The second kappa shape index (κ2) is 6.01. The average molecular weight is 251 g/mol. The van der Waals surface area contributed by atoms with Crippen molar-refractivity contribution >= 4 is 11.3 Å². The topological polar surface area (TPSA) is 12.0 Å². The Hall–Kier alpha value is -0.340. The highest BCUT2D eigenvalue weighted by molar-refractivity contribution is 7.10. The van der Waals surface area contributed by atoms with Crippen molar-refractivity contribution in [3.05, 3.63) is 22.4 Å². The van der Waals surface area contributed by atoms with Crippen LogP contribution >= 0.6 is 11.3 Å². The van der Waals surface area contributed by atoms with Gasteiger partial charge < -0.3 is 5.32 Å². The summed E-state index contributed by atoms with van der Waals surface area (Å²) in [5.74, 6) is 1.69. The van der Waals surface area contributed by atoms with Crippen molar-refractivity contribution in [2.24, 2.45) is 11.8 Å². The summed E-state index contributed by atoms with van der Waals surface area (Å²) in [6.07, 6.45) is 5.56. The maximum Gasteiger partial charge on any atom is 0.0440 e. The molecule has 0 saturated heterocycles. The summed E-state index contributed by atoms with van der Waals surface area (Å²) in [5.41, 5.74) is 0. The molecule has 2 rings (SSSR count). The second-order valence-electron chi connectivity index (χ2n) is 5.69. The van der Waals surface area contributed by atoms with Crippen molar-refractivity contribution in [3.8, 4) is 0 Å². The quantitative estimate of drug-likeness (QED) is 0.746. The maximum atomic E-state index is 3.89. The summed E-state index contributed by atoms with van der Waals surface area (Å²) >= 11 is 1.88. The molecule has 2 unspecified atom stereocenters. The van der Waals surface area contributed by atoms with Crippen molar-refractivity contribution in [1.82, 2.24) is 5.32 Å². The lowest BCUT2D eigenvalue weighted by Gasteiger charge is -2.27. The van der Waals surface area contributed by atoms with Crippen molar-refractivity contribution in [1.29, 1.82) is 0 Å². The van der Waals surface area contributed by atoms with E-state index in [1.807, 2.05) is 11.3 Å². The lowest BCUT2D eigenvalue weighted by atomic mass is 9.99. The van der Waals surface area contributed by atoms with E-state index in [4.69, 9.17) is 0 Å². The lowest BCUT2D eigenvalue weighted by Crippen LogP contribution is -2.35. The van der Waals surface area contributed by atoms with Crippen LogP contribution in [0, 0.1) is 11.8 Å². The fourth-order valence-electron chi connectivity index (χ4n) is 2.43. The van der Waals surface area contributed by atoms with Gasteiger partial charge >= 0.3 is 0 Å². The fourth-order valence-corrected chi connectivity index (χ4v) is 3.39. The minimum Gasteiger partial charge on any atom is -0.306 e. The molecule has 0 aliphatic heterocycles. The minimum atomic E-state index is 0.540. The summed E-state index contributed by atoms with van der Waals surface area (Å²) in [6.45, 7) is 6.95. The molecule has 1 aromatic rings. The van der Waals surface area contributed by atoms with Gasteiger partial charge in [-0.3, -0.25) is 0 Å². The summed E-state index contributed by atoms with van der Waals surface area (Å²) in [5, 5.41) is 6.08. The molecule has 0 spiro atoms. The van der Waals surface area contributed by atoms with Crippen LogP contribution < -0.4 is 5.32 Å². The molecule has 0 amide bonds. The normalized spacial score (nSPS) is 19.5. The Kier molecular flexibility index (Phi) is 4.63. The molecule has 96 valence electrons. The third-order valence-electron chi connectivity index (χ3n) is 3.74. The summed E-state index contributed by atoms with van der Waals surface area (Å²) in [4.78, 5) is 1.49. The first-order valence-corrected chi connectivity index (χ1v) is 7.88. The summed E-state index contributed by atoms with van der Waals surface area (Å²) in [7, 11) is 0. The maximum absolute atomic E-state index is 3.89. The van der Waals surface area contributed by atoms with E-state index < -0.39 is 0 Å². The van der Waals surface area contributed by atoms with E-state index in [9.17, 15) is 0 Å². The summed E-state index contributed by atoms with van der Waals surface area (Å²) in [6, 6.07) is 5.68. The molecule has 0 aromatic carbocycles. The molecule has 0 bridgehead atoms. The van der Waals surface area contributed by atoms with E-state index in [-0.39, 0.29) is 0 Å². The number of nitrogens with one attached hydrogen (secondary N) is 1. The molecule has 1 aliphatic rings. The van der Waals surface area contributed by atoms with Gasteiger partial charge in [-0.05, 0) is 36.1 Å². The Morgan fingerprint density at radius 2 is 2.18 bits per heavy atom. The van der Waals surface area contributed by atoms with Gasteiger partial charge in [0, 0.05) is 17.0 Å². The first-order chi connectivity index (χ1) is 8.20. The van der Waals surface area contributed by atoms with Crippen LogP contribution in [0.3, 0.4) is 0 Å². The fraction of sp³-hybridized carbons (Fsp3) is 0.733. The van der Waals surface area contributed by atoms with Crippen LogP contribution in [0.25, 0.3) is 0 Å². The van der Waals surface area contributed by atoms with Crippen LogP contribution in [0.15, 0.2) is 17.5 Å². The van der Waals surface area contributed by atoms with Crippen molar-refractivity contribution < 1.29 is 0 Å². The predicted molar refractivity (Wildman–Crippen MR) is 76.5 cm³/mol. The molecule has 1 aliphatic carbocycles. The number of hydrogen-bond donors (Lipinski definition) is 1. The molecule has 2 heteroatoms. The Morgan fingerprint density at radius 3 is 2.65 bits per heavy atom. The Labute approximate surface area is 110 Å². The largest absolute Gasteiger partial charge is 0.306 e. The first kappa shape index (κ1) is 13.1. The van der Waals surface area contributed by atoms with E-state index in [0.717, 1.165) is 5.92 Å². The number of thiophene rings is 1. The molecule has 1 saturated carbocycles. The smallest absolute Gasteiger partial charge is 0.0440 e. The highest BCUT2D eigenvalue weighted by Crippen LogP contribution is 2.35. The van der Waals surface area contributed by atoms with Gasteiger partial charge in [0.25, 0.3) is 0 Å². The van der Waals surface area contributed by atoms with Crippen molar-refractivity contribution in [2.45, 2.75) is 58.5 Å². The second-order valence-corrected chi connectivity index (χ2v) is 6.67. The van der Waals surface area contributed by atoms with E-state index in [1.165, 1.54) is 30.6 Å². The summed E-state index contributed by atoms with van der Waals surface area (Å²) < 4.78 is 0. The van der Waals surface area contributed by atoms with Gasteiger partial charge in [-0.25, -0.2) is 0 Å². The molecular formula is C15H25NS. The number of hydrogen-bond acceptors (Lipinski definition) is 2. The molecule has 1 fully saturated rings. The molecule has 1 heterocycles. The third kappa shape index (κ3) is 3.82. The average Bonchev–Trinajstić information content (AvgIpc) is 2.95. The Morgan fingerprint density at radius 1 is 1.41 bits per heavy atom. The van der Waals surface area contributed by atoms with Crippen LogP contribution in [0.4, 0.5) is 0 Å². The standard InChI is InChI=1S/C15H25NS/c1-4-13(10-12-7-8-12)16-15(11(2)3)14-6-5-9-17-14/h5-6,9,11-13,15-16H,4,7-8,10H2,1-3H3. The first-order valence-electron chi connectivity index (χ1n) is 7.00. The van der Waals surface area contributed by atoms with Crippen molar-refractivity contribution in [3.63, 3.8) is 0 Å². The van der Waals surface area contributed by atoms with Gasteiger partial charge in [0.15, 0.2) is 0 Å².